The average molecular weight is 463 g/mol. The number of carbonyl (C=O) groups is 1. The molecule has 0 spiro atoms. The minimum atomic E-state index is 0. The monoisotopic (exact) mass is 462 g/mol. The van der Waals surface area contributed by atoms with E-state index in [0.717, 1.165) is 62.9 Å². The highest BCUT2D eigenvalue weighted by atomic mass is 35.5. The third kappa shape index (κ3) is 4.65. The Labute approximate surface area is 199 Å². The Morgan fingerprint density at radius 3 is 2.64 bits per heavy atom. The van der Waals surface area contributed by atoms with Gasteiger partial charge in [-0.3, -0.25) is 9.78 Å². The van der Waals surface area contributed by atoms with Gasteiger partial charge >= 0.3 is 0 Å². The van der Waals surface area contributed by atoms with Crippen molar-refractivity contribution < 1.29 is 32.4 Å². The zero-order chi connectivity index (χ0) is 22.3. The van der Waals surface area contributed by atoms with Crippen molar-refractivity contribution in [1.82, 2.24) is 4.98 Å². The van der Waals surface area contributed by atoms with Crippen LogP contribution < -0.4 is 27.6 Å². The lowest BCUT2D eigenvalue weighted by Crippen LogP contribution is -3.00. The third-order valence-electron chi connectivity index (χ3n) is 6.19. The molecule has 5 rings (SSSR count). The molecule has 170 valence electrons. The Bertz CT molecular complexity index is 1350. The van der Waals surface area contributed by atoms with Crippen molar-refractivity contribution in [2.45, 2.75) is 38.6 Å². The zero-order valence-corrected chi connectivity index (χ0v) is 19.6. The zero-order valence-electron chi connectivity index (χ0n) is 18.9. The van der Waals surface area contributed by atoms with Crippen molar-refractivity contribution in [3.05, 3.63) is 71.9 Å². The molecular formula is C27H27ClN2O3. The van der Waals surface area contributed by atoms with Crippen LogP contribution in [0.1, 0.15) is 42.1 Å². The van der Waals surface area contributed by atoms with Gasteiger partial charge in [0.1, 0.15) is 29.4 Å². The molecule has 0 saturated heterocycles. The number of hydrogen-bond acceptors (Lipinski definition) is 4. The van der Waals surface area contributed by atoms with Gasteiger partial charge < -0.3 is 27.6 Å². The van der Waals surface area contributed by atoms with E-state index in [4.69, 9.17) is 9.47 Å². The molecule has 3 N–H and O–H groups in total. The normalized spacial score (nSPS) is 14.0. The second kappa shape index (κ2) is 9.00. The van der Waals surface area contributed by atoms with Crippen LogP contribution in [0.5, 0.6) is 17.2 Å². The number of halogens is 1. The van der Waals surface area contributed by atoms with E-state index in [2.05, 4.69) is 16.8 Å². The Morgan fingerprint density at radius 2 is 1.88 bits per heavy atom. The third-order valence-corrected chi connectivity index (χ3v) is 6.19. The van der Waals surface area contributed by atoms with Gasteiger partial charge in [-0.15, -0.1) is 0 Å². The highest BCUT2D eigenvalue weighted by Gasteiger charge is 2.44. The second-order valence-electron chi connectivity index (χ2n) is 8.80. The van der Waals surface area contributed by atoms with Crippen LogP contribution >= 0.6 is 0 Å². The number of aromatic nitrogens is 1. The van der Waals surface area contributed by atoms with E-state index in [0.29, 0.717) is 13.0 Å². The number of nitrogens with zero attached hydrogens (tertiary/aromatic N) is 1. The van der Waals surface area contributed by atoms with Gasteiger partial charge in [0.15, 0.2) is 5.78 Å². The van der Waals surface area contributed by atoms with Crippen molar-refractivity contribution in [3.8, 4) is 17.2 Å². The summed E-state index contributed by atoms with van der Waals surface area (Å²) >= 11 is 0. The minimum absolute atomic E-state index is 0. The first kappa shape index (κ1) is 23.0. The van der Waals surface area contributed by atoms with E-state index >= 15 is 0 Å². The van der Waals surface area contributed by atoms with Gasteiger partial charge in [-0.05, 0) is 53.6 Å². The number of rotatable bonds is 7. The molecule has 0 atom stereocenters. The summed E-state index contributed by atoms with van der Waals surface area (Å²) < 4.78 is 12.3. The predicted octanol–water partition coefficient (Wildman–Crippen LogP) is 2.24. The van der Waals surface area contributed by atoms with Crippen LogP contribution in [-0.4, -0.2) is 22.9 Å². The molecule has 1 aliphatic carbocycles. The fourth-order valence-electron chi connectivity index (χ4n) is 3.94. The minimum Gasteiger partial charge on any atom is -1.00 e. The molecule has 0 unspecified atom stereocenters. The number of pyridine rings is 1. The van der Waals surface area contributed by atoms with E-state index in [1.54, 1.807) is 6.20 Å². The molecule has 1 saturated carbocycles. The summed E-state index contributed by atoms with van der Waals surface area (Å²) in [5, 5.41) is 2.86. The van der Waals surface area contributed by atoms with Crippen LogP contribution in [0.4, 0.5) is 0 Å². The number of ketones is 1. The van der Waals surface area contributed by atoms with Gasteiger partial charge in [-0.1, -0.05) is 25.1 Å². The van der Waals surface area contributed by atoms with Crippen LogP contribution in [0.15, 0.2) is 60.8 Å². The highest BCUT2D eigenvalue weighted by molar-refractivity contribution is 6.08. The van der Waals surface area contributed by atoms with Crippen molar-refractivity contribution in [2.24, 2.45) is 0 Å². The predicted molar refractivity (Wildman–Crippen MR) is 125 cm³/mol. The first-order valence-corrected chi connectivity index (χ1v) is 11.1. The molecule has 4 aromatic rings. The van der Waals surface area contributed by atoms with Crippen LogP contribution in [-0.2, 0) is 0 Å². The van der Waals surface area contributed by atoms with E-state index in [1.165, 1.54) is 0 Å². The van der Waals surface area contributed by atoms with Gasteiger partial charge in [0.2, 0.25) is 0 Å². The Morgan fingerprint density at radius 1 is 1.06 bits per heavy atom. The maximum absolute atomic E-state index is 12.3. The lowest BCUT2D eigenvalue weighted by Gasteiger charge is -2.14. The largest absolute Gasteiger partial charge is 1.00 e. The van der Waals surface area contributed by atoms with Crippen LogP contribution in [0.25, 0.3) is 21.7 Å². The van der Waals surface area contributed by atoms with Crippen molar-refractivity contribution in [1.29, 1.82) is 0 Å². The van der Waals surface area contributed by atoms with Gasteiger partial charge in [0.25, 0.3) is 0 Å². The molecule has 33 heavy (non-hydrogen) atoms. The van der Waals surface area contributed by atoms with Crippen LogP contribution in [0.3, 0.4) is 0 Å². The number of ether oxygens (including phenoxy) is 2. The standard InChI is InChI=1S/C27H26N2O3.ClH/c1-3-24(30)21-6-4-5-18-14-19(7-8-20(18)21)32-25-9-12-29-23-15-26(17(2)13-22(23)25)31-16-27(28)10-11-27;/h4-9,12-15H,3,10-11,16,28H2,1-2H3;1H. The average Bonchev–Trinajstić information content (AvgIpc) is 3.54. The summed E-state index contributed by atoms with van der Waals surface area (Å²) in [5.74, 6) is 2.44. The van der Waals surface area contributed by atoms with Crippen molar-refractivity contribution >= 4 is 27.5 Å². The van der Waals surface area contributed by atoms with Crippen molar-refractivity contribution in [2.75, 3.05) is 6.61 Å². The Hall–Kier alpha value is -3.15. The molecule has 0 amide bonds. The molecule has 6 heteroatoms. The molecular weight excluding hydrogens is 436 g/mol. The highest BCUT2D eigenvalue weighted by Crippen LogP contribution is 2.36. The molecule has 1 heterocycles. The maximum Gasteiger partial charge on any atom is 0.163 e. The summed E-state index contributed by atoms with van der Waals surface area (Å²) in [7, 11) is 0. The Kier molecular flexibility index (Phi) is 6.28. The van der Waals surface area contributed by atoms with Gasteiger partial charge in [0.05, 0.1) is 5.52 Å². The first-order chi connectivity index (χ1) is 15.5. The van der Waals surface area contributed by atoms with Crippen LogP contribution in [0.2, 0.25) is 0 Å². The molecule has 0 radical (unpaired) electrons. The quantitative estimate of drug-likeness (QED) is 0.427. The summed E-state index contributed by atoms with van der Waals surface area (Å²) in [5.41, 5.74) is 6.92. The van der Waals surface area contributed by atoms with Gasteiger partial charge in [-0.2, -0.15) is 0 Å². The lowest BCUT2D eigenvalue weighted by molar-refractivity contribution is -0.442. The number of aryl methyl sites for hydroxylation is 1. The molecule has 1 fully saturated rings. The summed E-state index contributed by atoms with van der Waals surface area (Å²) in [4.78, 5) is 16.8. The fourth-order valence-corrected chi connectivity index (χ4v) is 3.94. The van der Waals surface area contributed by atoms with E-state index in [-0.39, 0.29) is 23.7 Å². The van der Waals surface area contributed by atoms with E-state index in [1.807, 2.05) is 62.4 Å². The van der Waals surface area contributed by atoms with E-state index in [9.17, 15) is 4.79 Å². The van der Waals surface area contributed by atoms with E-state index < -0.39 is 0 Å². The fraction of sp³-hybridized carbons (Fsp3) is 0.259. The molecule has 5 nitrogen and oxygen atoms in total. The summed E-state index contributed by atoms with van der Waals surface area (Å²) in [6.45, 7) is 4.56. The summed E-state index contributed by atoms with van der Waals surface area (Å²) in [6, 6.07) is 17.6. The smallest absolute Gasteiger partial charge is 0.163 e. The molecule has 3 aromatic carbocycles. The van der Waals surface area contributed by atoms with Gasteiger partial charge in [0, 0.05) is 42.5 Å². The number of hydrogen-bond donors (Lipinski definition) is 1. The van der Waals surface area contributed by atoms with Crippen molar-refractivity contribution in [3.63, 3.8) is 0 Å². The number of carbonyl (C=O) groups excluding carboxylic acids is 1. The van der Waals surface area contributed by atoms with Crippen LogP contribution in [0, 0.1) is 6.92 Å². The first-order valence-electron chi connectivity index (χ1n) is 11.1. The number of fused-ring (bicyclic) bond motifs is 2. The topological polar surface area (TPSA) is 76.1 Å². The van der Waals surface area contributed by atoms with Gasteiger partial charge in [-0.25, -0.2) is 0 Å². The Balaban J connectivity index is 0.00000259. The maximum atomic E-state index is 12.3. The molecule has 1 aliphatic rings. The molecule has 0 aliphatic heterocycles. The number of benzene rings is 3. The second-order valence-corrected chi connectivity index (χ2v) is 8.80. The molecule has 1 aromatic heterocycles. The SMILES string of the molecule is CCC(=O)c1cccc2cc(Oc3ccnc4cc(OCC5([NH3+])CC5)c(C)cc34)ccc12.[Cl-]. The summed E-state index contributed by atoms with van der Waals surface area (Å²) in [6.07, 6.45) is 4.48. The number of quaternary nitrogens is 1. The number of Topliss-reactive ketones (excluding diaryl/α,β-unsaturated/α-hetero) is 1. The molecule has 0 bridgehead atoms. The lowest BCUT2D eigenvalue weighted by atomic mass is 10.00.